The fourth-order valence-electron chi connectivity index (χ4n) is 5.80. The largest absolute Gasteiger partial charge is 0.352 e. The Morgan fingerprint density at radius 2 is 1.76 bits per heavy atom. The van der Waals surface area contributed by atoms with E-state index in [0.29, 0.717) is 23.6 Å². The highest BCUT2D eigenvalue weighted by molar-refractivity contribution is 8.04. The Hall–Kier alpha value is -4.13. The average Bonchev–Trinajstić information content (AvgIpc) is 3.01. The molecule has 42 heavy (non-hydrogen) atoms. The van der Waals surface area contributed by atoms with Crippen LogP contribution in [0.25, 0.3) is 6.08 Å². The molecule has 2 heterocycles. The number of aryl methyl sites for hydroxylation is 1. The summed E-state index contributed by atoms with van der Waals surface area (Å²) in [5, 5.41) is 3.12. The fourth-order valence-corrected chi connectivity index (χ4v) is 6.84. The second kappa shape index (κ2) is 12.8. The van der Waals surface area contributed by atoms with E-state index in [9.17, 15) is 9.59 Å². The Morgan fingerprint density at radius 3 is 2.60 bits per heavy atom. The summed E-state index contributed by atoms with van der Waals surface area (Å²) in [6.45, 7) is 6.35. The van der Waals surface area contributed by atoms with Crippen LogP contribution in [0.5, 0.6) is 0 Å². The highest BCUT2D eigenvalue weighted by Crippen LogP contribution is 2.43. The Bertz CT molecular complexity index is 1630. The Morgan fingerprint density at radius 1 is 0.952 bits per heavy atom. The molecule has 0 radical (unpaired) electrons. The standard InChI is InChI=1S/C36H35N3O2S/c1-26-9-7-12-28(21-26)24-39-32-23-30(15-16-33(32)42-34(36(39)41)22-27-10-3-2-4-11-27)35(40)37-18-8-19-38-20-17-29-13-5-6-14-31(29)25-38/h2-7,9-16,21-23H,8,17-20,24-25H2,1H3,(H,37,40)/p+1. The number of benzene rings is 4. The van der Waals surface area contributed by atoms with Crippen molar-refractivity contribution in [1.29, 1.82) is 0 Å². The summed E-state index contributed by atoms with van der Waals surface area (Å²) in [5.41, 5.74) is 7.46. The van der Waals surface area contributed by atoms with Crippen LogP contribution >= 0.6 is 11.8 Å². The van der Waals surface area contributed by atoms with Gasteiger partial charge in [-0.3, -0.25) is 9.59 Å². The molecule has 2 amide bonds. The number of amides is 2. The molecule has 5 nitrogen and oxygen atoms in total. The molecule has 4 aromatic rings. The summed E-state index contributed by atoms with van der Waals surface area (Å²) < 4.78 is 0. The average molecular weight is 575 g/mol. The number of nitrogens with one attached hydrogen (secondary N) is 2. The van der Waals surface area contributed by atoms with E-state index in [2.05, 4.69) is 48.6 Å². The lowest BCUT2D eigenvalue weighted by Crippen LogP contribution is -3.11. The molecular formula is C36H36N3O2S+. The number of carbonyl (C=O) groups excluding carboxylic acids is 2. The molecule has 0 bridgehead atoms. The molecule has 2 N–H and O–H groups in total. The summed E-state index contributed by atoms with van der Waals surface area (Å²) in [6.07, 6.45) is 3.99. The van der Waals surface area contributed by atoms with Gasteiger partial charge in [-0.1, -0.05) is 96.2 Å². The number of carbonyl (C=O) groups is 2. The van der Waals surface area contributed by atoms with Gasteiger partial charge in [-0.2, -0.15) is 0 Å². The molecule has 0 aromatic heterocycles. The molecule has 0 saturated carbocycles. The van der Waals surface area contributed by atoms with Crippen molar-refractivity contribution in [2.75, 3.05) is 24.5 Å². The van der Waals surface area contributed by atoms with Crippen LogP contribution < -0.4 is 15.1 Å². The first-order valence-corrected chi connectivity index (χ1v) is 15.5. The number of nitrogens with zero attached hydrogens (tertiary/aromatic N) is 1. The van der Waals surface area contributed by atoms with Crippen LogP contribution in [0, 0.1) is 6.92 Å². The van der Waals surface area contributed by atoms with E-state index in [1.165, 1.54) is 22.9 Å². The lowest BCUT2D eigenvalue weighted by atomic mass is 10.00. The van der Waals surface area contributed by atoms with Crippen molar-refractivity contribution >= 4 is 35.3 Å². The smallest absolute Gasteiger partial charge is 0.265 e. The van der Waals surface area contributed by atoms with Gasteiger partial charge in [0.1, 0.15) is 6.54 Å². The van der Waals surface area contributed by atoms with Crippen LogP contribution in [0.4, 0.5) is 5.69 Å². The van der Waals surface area contributed by atoms with E-state index >= 15 is 0 Å². The molecule has 6 heteroatoms. The van der Waals surface area contributed by atoms with Gasteiger partial charge in [0.05, 0.1) is 30.2 Å². The van der Waals surface area contributed by atoms with Gasteiger partial charge < -0.3 is 15.1 Å². The van der Waals surface area contributed by atoms with Gasteiger partial charge in [-0.05, 0) is 47.9 Å². The number of hydrogen-bond donors (Lipinski definition) is 2. The SMILES string of the molecule is Cc1cccc(CN2C(=O)C(=Cc3ccccc3)Sc3ccc(C(=O)NCCC[NH+]4CCc5ccccc5C4)cc32)c1. The fraction of sp³-hybridized carbons (Fsp3) is 0.222. The maximum atomic E-state index is 13.8. The quantitative estimate of drug-likeness (QED) is 0.218. The van der Waals surface area contributed by atoms with Gasteiger partial charge in [-0.25, -0.2) is 0 Å². The van der Waals surface area contributed by atoms with Crippen LogP contribution in [0.1, 0.15) is 44.6 Å². The number of hydrogen-bond acceptors (Lipinski definition) is 3. The van der Waals surface area contributed by atoms with Crippen LogP contribution in [-0.4, -0.2) is 31.4 Å². The van der Waals surface area contributed by atoms with Crippen LogP contribution in [0.2, 0.25) is 0 Å². The van der Waals surface area contributed by atoms with Crippen molar-refractivity contribution in [3.63, 3.8) is 0 Å². The monoisotopic (exact) mass is 574 g/mol. The third kappa shape index (κ3) is 6.51. The zero-order valence-corrected chi connectivity index (χ0v) is 24.8. The van der Waals surface area contributed by atoms with E-state index in [-0.39, 0.29) is 11.8 Å². The summed E-state index contributed by atoms with van der Waals surface area (Å²) in [7, 11) is 0. The van der Waals surface area contributed by atoms with Crippen LogP contribution in [-0.2, 0) is 24.3 Å². The molecule has 1 unspecified atom stereocenters. The van der Waals surface area contributed by atoms with Gasteiger partial charge in [-0.15, -0.1) is 0 Å². The van der Waals surface area contributed by atoms with Crippen LogP contribution in [0.3, 0.4) is 0 Å². The minimum Gasteiger partial charge on any atom is -0.352 e. The first-order valence-electron chi connectivity index (χ1n) is 14.7. The lowest BCUT2D eigenvalue weighted by molar-refractivity contribution is -0.916. The number of quaternary nitrogens is 1. The van der Waals surface area contributed by atoms with E-state index in [1.54, 1.807) is 4.90 Å². The zero-order chi connectivity index (χ0) is 28.9. The molecule has 0 aliphatic carbocycles. The first kappa shape index (κ1) is 28.0. The Balaban J connectivity index is 1.16. The normalized spacial score (nSPS) is 17.1. The molecule has 0 saturated heterocycles. The highest BCUT2D eigenvalue weighted by atomic mass is 32.2. The summed E-state index contributed by atoms with van der Waals surface area (Å²) in [5.74, 6) is -0.156. The van der Waals surface area contributed by atoms with Crippen molar-refractivity contribution in [3.05, 3.63) is 135 Å². The Kier molecular flexibility index (Phi) is 8.54. The summed E-state index contributed by atoms with van der Waals surface area (Å²) >= 11 is 1.47. The van der Waals surface area contributed by atoms with Gasteiger partial charge in [0.15, 0.2) is 0 Å². The van der Waals surface area contributed by atoms with Crippen molar-refractivity contribution < 1.29 is 14.5 Å². The maximum Gasteiger partial charge on any atom is 0.265 e. The third-order valence-corrected chi connectivity index (χ3v) is 9.09. The zero-order valence-electron chi connectivity index (χ0n) is 23.9. The van der Waals surface area contributed by atoms with Gasteiger partial charge in [0, 0.05) is 35.4 Å². The second-order valence-electron chi connectivity index (χ2n) is 11.1. The van der Waals surface area contributed by atoms with E-state index < -0.39 is 0 Å². The molecule has 4 aromatic carbocycles. The van der Waals surface area contributed by atoms with Gasteiger partial charge in [0.25, 0.3) is 11.8 Å². The molecule has 0 fully saturated rings. The minimum absolute atomic E-state index is 0.0542. The molecule has 0 spiro atoms. The second-order valence-corrected chi connectivity index (χ2v) is 12.2. The topological polar surface area (TPSA) is 53.9 Å². The molecule has 2 aliphatic rings. The molecule has 1 atom stereocenters. The lowest BCUT2D eigenvalue weighted by Gasteiger charge is -2.31. The van der Waals surface area contributed by atoms with Crippen molar-refractivity contribution in [2.24, 2.45) is 0 Å². The number of fused-ring (bicyclic) bond motifs is 2. The molecule has 2 aliphatic heterocycles. The van der Waals surface area contributed by atoms with E-state index in [1.807, 2.05) is 71.6 Å². The summed E-state index contributed by atoms with van der Waals surface area (Å²) in [6, 6.07) is 32.6. The third-order valence-electron chi connectivity index (χ3n) is 8.01. The van der Waals surface area contributed by atoms with Crippen LogP contribution in [0.15, 0.2) is 107 Å². The van der Waals surface area contributed by atoms with Gasteiger partial charge >= 0.3 is 0 Å². The summed E-state index contributed by atoms with van der Waals surface area (Å²) in [4.78, 5) is 32.1. The van der Waals surface area contributed by atoms with Crippen molar-refractivity contribution in [1.82, 2.24) is 5.32 Å². The van der Waals surface area contributed by atoms with Crippen molar-refractivity contribution in [2.45, 2.75) is 37.8 Å². The number of rotatable bonds is 8. The predicted molar refractivity (Wildman–Crippen MR) is 171 cm³/mol. The maximum absolute atomic E-state index is 13.8. The van der Waals surface area contributed by atoms with Crippen molar-refractivity contribution in [3.8, 4) is 0 Å². The molecular weight excluding hydrogens is 538 g/mol. The molecule has 6 rings (SSSR count). The van der Waals surface area contributed by atoms with E-state index in [4.69, 9.17) is 0 Å². The minimum atomic E-state index is -0.102. The number of thioether (sulfide) groups is 1. The molecule has 212 valence electrons. The number of anilines is 1. The first-order chi connectivity index (χ1) is 20.5. The predicted octanol–water partition coefficient (Wildman–Crippen LogP) is 5.44. The highest BCUT2D eigenvalue weighted by Gasteiger charge is 2.30. The van der Waals surface area contributed by atoms with E-state index in [0.717, 1.165) is 59.7 Å². The van der Waals surface area contributed by atoms with Gasteiger partial charge in [0.2, 0.25) is 0 Å². The Labute approximate surface area is 252 Å².